The van der Waals surface area contributed by atoms with Gasteiger partial charge in [-0.05, 0) is 38.3 Å². The molecule has 2 heterocycles. The van der Waals surface area contributed by atoms with Gasteiger partial charge >= 0.3 is 0 Å². The van der Waals surface area contributed by atoms with Gasteiger partial charge in [-0.3, -0.25) is 4.79 Å². The van der Waals surface area contributed by atoms with Crippen molar-refractivity contribution in [3.63, 3.8) is 0 Å². The summed E-state index contributed by atoms with van der Waals surface area (Å²) < 4.78 is 5.66. The van der Waals surface area contributed by atoms with Crippen molar-refractivity contribution in [1.82, 2.24) is 10.2 Å². The molecule has 2 unspecified atom stereocenters. The second kappa shape index (κ2) is 6.24. The van der Waals surface area contributed by atoms with Gasteiger partial charge in [-0.1, -0.05) is 17.7 Å². The first-order valence-electron chi connectivity index (χ1n) is 7.55. The summed E-state index contributed by atoms with van der Waals surface area (Å²) in [5.41, 5.74) is 0.878. The lowest BCUT2D eigenvalue weighted by Gasteiger charge is -2.24. The predicted molar refractivity (Wildman–Crippen MR) is 82.8 cm³/mol. The number of nitrogens with zero attached hydrogens (tertiary/aromatic N) is 1. The van der Waals surface area contributed by atoms with E-state index in [9.17, 15) is 4.79 Å². The van der Waals surface area contributed by atoms with Crippen molar-refractivity contribution < 1.29 is 9.53 Å². The number of carbonyl (C=O) groups excluding carboxylic acids is 1. The van der Waals surface area contributed by atoms with Crippen molar-refractivity contribution in [3.8, 4) is 5.75 Å². The SMILES string of the molecule is Cc1c(Cl)cccc1OCC(=O)N1CCC2CCC(C1)N2. The summed E-state index contributed by atoms with van der Waals surface area (Å²) >= 11 is 6.06. The van der Waals surface area contributed by atoms with Crippen LogP contribution in [0.1, 0.15) is 24.8 Å². The van der Waals surface area contributed by atoms with E-state index >= 15 is 0 Å². The van der Waals surface area contributed by atoms with Crippen LogP contribution in [0.5, 0.6) is 5.75 Å². The summed E-state index contributed by atoms with van der Waals surface area (Å²) in [5, 5.41) is 4.24. The average molecular weight is 309 g/mol. The monoisotopic (exact) mass is 308 g/mol. The van der Waals surface area contributed by atoms with Gasteiger partial charge in [0.2, 0.25) is 0 Å². The molecule has 1 aromatic carbocycles. The van der Waals surface area contributed by atoms with Crippen LogP contribution in [0.2, 0.25) is 5.02 Å². The number of halogens is 1. The summed E-state index contributed by atoms with van der Waals surface area (Å²) in [4.78, 5) is 14.3. The molecular formula is C16H21ClN2O2. The first-order chi connectivity index (χ1) is 10.1. The van der Waals surface area contributed by atoms with Crippen LogP contribution in [0.4, 0.5) is 0 Å². The maximum absolute atomic E-state index is 12.3. The van der Waals surface area contributed by atoms with Crippen molar-refractivity contribution >= 4 is 17.5 Å². The molecule has 0 aliphatic carbocycles. The van der Waals surface area contributed by atoms with Gasteiger partial charge in [0.15, 0.2) is 6.61 Å². The number of likely N-dealkylation sites (tertiary alicyclic amines) is 1. The molecule has 1 amide bonds. The van der Waals surface area contributed by atoms with Gasteiger partial charge in [-0.2, -0.15) is 0 Å². The van der Waals surface area contributed by atoms with Crippen molar-refractivity contribution in [2.24, 2.45) is 0 Å². The zero-order valence-electron chi connectivity index (χ0n) is 12.3. The van der Waals surface area contributed by atoms with Crippen LogP contribution in [0.15, 0.2) is 18.2 Å². The largest absolute Gasteiger partial charge is 0.483 e. The highest BCUT2D eigenvalue weighted by Crippen LogP contribution is 2.25. The highest BCUT2D eigenvalue weighted by Gasteiger charge is 2.31. The summed E-state index contributed by atoms with van der Waals surface area (Å²) in [6.07, 6.45) is 3.45. The van der Waals surface area contributed by atoms with E-state index in [2.05, 4.69) is 5.32 Å². The second-order valence-electron chi connectivity index (χ2n) is 5.92. The third-order valence-corrected chi connectivity index (χ3v) is 4.85. The summed E-state index contributed by atoms with van der Waals surface area (Å²) in [6, 6.07) is 6.55. The molecule has 0 spiro atoms. The minimum atomic E-state index is 0.0590. The fraction of sp³-hybridized carbons (Fsp3) is 0.562. The lowest BCUT2D eigenvalue weighted by molar-refractivity contribution is -0.133. The number of amides is 1. The molecule has 114 valence electrons. The molecule has 21 heavy (non-hydrogen) atoms. The molecule has 2 bridgehead atoms. The Bertz CT molecular complexity index is 535. The Morgan fingerprint density at radius 3 is 3.05 bits per heavy atom. The van der Waals surface area contributed by atoms with E-state index in [4.69, 9.17) is 16.3 Å². The Kier molecular flexibility index (Phi) is 4.36. The molecule has 2 atom stereocenters. The maximum Gasteiger partial charge on any atom is 0.260 e. The normalized spacial score (nSPS) is 24.8. The zero-order chi connectivity index (χ0) is 14.8. The highest BCUT2D eigenvalue weighted by atomic mass is 35.5. The molecule has 0 saturated carbocycles. The third-order valence-electron chi connectivity index (χ3n) is 4.45. The number of nitrogens with one attached hydrogen (secondary N) is 1. The first-order valence-corrected chi connectivity index (χ1v) is 7.93. The minimum absolute atomic E-state index is 0.0590. The van der Waals surface area contributed by atoms with E-state index in [1.807, 2.05) is 30.0 Å². The number of rotatable bonds is 3. The first kappa shape index (κ1) is 14.7. The van der Waals surface area contributed by atoms with Crippen molar-refractivity contribution in [2.75, 3.05) is 19.7 Å². The predicted octanol–water partition coefficient (Wildman–Crippen LogP) is 2.38. The van der Waals surface area contributed by atoms with Crippen molar-refractivity contribution in [3.05, 3.63) is 28.8 Å². The molecule has 3 rings (SSSR count). The lowest BCUT2D eigenvalue weighted by Crippen LogP contribution is -2.41. The molecule has 0 aromatic heterocycles. The van der Waals surface area contributed by atoms with Gasteiger partial charge in [-0.15, -0.1) is 0 Å². The maximum atomic E-state index is 12.3. The lowest BCUT2D eigenvalue weighted by atomic mass is 10.1. The van der Waals surface area contributed by atoms with Crippen molar-refractivity contribution in [2.45, 2.75) is 38.3 Å². The molecule has 5 heteroatoms. The topological polar surface area (TPSA) is 41.6 Å². The summed E-state index contributed by atoms with van der Waals surface area (Å²) in [6.45, 7) is 3.60. The zero-order valence-corrected chi connectivity index (χ0v) is 13.0. The Morgan fingerprint density at radius 2 is 2.19 bits per heavy atom. The van der Waals surface area contributed by atoms with Crippen LogP contribution in [-0.4, -0.2) is 42.6 Å². The summed E-state index contributed by atoms with van der Waals surface area (Å²) in [7, 11) is 0. The molecule has 2 fully saturated rings. The number of carbonyl (C=O) groups is 1. The van der Waals surface area contributed by atoms with E-state index < -0.39 is 0 Å². The molecule has 0 radical (unpaired) electrons. The van der Waals surface area contributed by atoms with Crippen LogP contribution < -0.4 is 10.1 Å². The molecular weight excluding hydrogens is 288 g/mol. The van der Waals surface area contributed by atoms with Gasteiger partial charge in [0.05, 0.1) is 0 Å². The van der Waals surface area contributed by atoms with Crippen LogP contribution in [0.3, 0.4) is 0 Å². The van der Waals surface area contributed by atoms with Gasteiger partial charge in [0.25, 0.3) is 5.91 Å². The van der Waals surface area contributed by atoms with Gasteiger partial charge in [-0.25, -0.2) is 0 Å². The second-order valence-corrected chi connectivity index (χ2v) is 6.33. The number of hydrogen-bond donors (Lipinski definition) is 1. The Labute approximate surface area is 130 Å². The van der Waals surface area contributed by atoms with Crippen LogP contribution in [0, 0.1) is 6.92 Å². The number of ether oxygens (including phenoxy) is 1. The Morgan fingerprint density at radius 1 is 1.38 bits per heavy atom. The third kappa shape index (κ3) is 3.33. The van der Waals surface area contributed by atoms with Crippen LogP contribution in [-0.2, 0) is 4.79 Å². The summed E-state index contributed by atoms with van der Waals surface area (Å²) in [5.74, 6) is 0.744. The smallest absolute Gasteiger partial charge is 0.260 e. The van der Waals surface area contributed by atoms with Gasteiger partial charge < -0.3 is 15.0 Å². The minimum Gasteiger partial charge on any atom is -0.483 e. The number of hydrogen-bond acceptors (Lipinski definition) is 3. The van der Waals surface area contributed by atoms with E-state index in [0.717, 1.165) is 25.1 Å². The van der Waals surface area contributed by atoms with Gasteiger partial charge in [0.1, 0.15) is 5.75 Å². The Balaban J connectivity index is 1.57. The van der Waals surface area contributed by atoms with Crippen LogP contribution in [0.25, 0.3) is 0 Å². The van der Waals surface area contributed by atoms with E-state index in [1.165, 1.54) is 12.8 Å². The van der Waals surface area contributed by atoms with E-state index in [1.54, 1.807) is 0 Å². The fourth-order valence-corrected chi connectivity index (χ4v) is 3.31. The molecule has 2 aliphatic rings. The van der Waals surface area contributed by atoms with E-state index in [0.29, 0.717) is 22.9 Å². The fourth-order valence-electron chi connectivity index (χ4n) is 3.14. The standard InChI is InChI=1S/C16H21ClN2O2/c1-11-14(17)3-2-4-15(11)21-10-16(20)19-8-7-12-5-6-13(9-19)18-12/h2-4,12-13,18H,5-10H2,1H3. The molecule has 2 aliphatic heterocycles. The van der Waals surface area contributed by atoms with Crippen molar-refractivity contribution in [1.29, 1.82) is 0 Å². The molecule has 4 nitrogen and oxygen atoms in total. The quantitative estimate of drug-likeness (QED) is 0.932. The highest BCUT2D eigenvalue weighted by molar-refractivity contribution is 6.31. The number of fused-ring (bicyclic) bond motifs is 2. The molecule has 1 aromatic rings. The number of benzene rings is 1. The van der Waals surface area contributed by atoms with Gasteiger partial charge in [0, 0.05) is 35.8 Å². The van der Waals surface area contributed by atoms with Crippen LogP contribution >= 0.6 is 11.6 Å². The molecule has 2 saturated heterocycles. The Hall–Kier alpha value is -1.26. The van der Waals surface area contributed by atoms with E-state index in [-0.39, 0.29) is 12.5 Å². The average Bonchev–Trinajstić information content (AvgIpc) is 2.79. The molecule has 1 N–H and O–H groups in total.